The highest BCUT2D eigenvalue weighted by Gasteiger charge is 2.11. The number of hydrogen-bond donors (Lipinski definition) is 2. The second-order valence-electron chi connectivity index (χ2n) is 7.25. The number of nitrogens with zero attached hydrogens (tertiary/aromatic N) is 1. The molecule has 4 aromatic rings. The third-order valence-corrected chi connectivity index (χ3v) is 5.34. The number of carbonyl (C=O) groups is 1. The van der Waals surface area contributed by atoms with Crippen LogP contribution in [0.15, 0.2) is 71.5 Å². The number of aryl methyl sites for hydroxylation is 1. The molecule has 1 heterocycles. The molecule has 0 aliphatic rings. The number of hydrogen-bond acceptors (Lipinski definition) is 4. The first-order valence-electron chi connectivity index (χ1n) is 9.72. The molecule has 4 rings (SSSR count). The predicted molar refractivity (Wildman–Crippen MR) is 125 cm³/mol. The van der Waals surface area contributed by atoms with Crippen LogP contribution < -0.4 is 15.6 Å². The molecule has 0 bridgehead atoms. The summed E-state index contributed by atoms with van der Waals surface area (Å²) in [5, 5.41) is 3.34. The maximum Gasteiger partial charge on any atom is 0.262 e. The van der Waals surface area contributed by atoms with Gasteiger partial charge in [0.05, 0.1) is 24.6 Å². The molecule has 3 aromatic carbocycles. The number of nitrogens with one attached hydrogen (secondary N) is 2. The number of benzene rings is 3. The van der Waals surface area contributed by atoms with Crippen molar-refractivity contribution in [3.8, 4) is 5.75 Å². The Balaban J connectivity index is 1.65. The van der Waals surface area contributed by atoms with Gasteiger partial charge in [0.2, 0.25) is 0 Å². The Morgan fingerprint density at radius 3 is 2.58 bits per heavy atom. The summed E-state index contributed by atoms with van der Waals surface area (Å²) in [5.74, 6) is 0.491. The fraction of sp³-hybridized carbons (Fsp3) is 0.125. The van der Waals surface area contributed by atoms with E-state index in [1.807, 2.05) is 55.5 Å². The number of aromatic amines is 1. The molecule has 0 saturated carbocycles. The first-order chi connectivity index (χ1) is 14.9. The summed E-state index contributed by atoms with van der Waals surface area (Å²) in [4.78, 5) is 28.8. The van der Waals surface area contributed by atoms with Gasteiger partial charge in [0.1, 0.15) is 5.75 Å². The van der Waals surface area contributed by atoms with Crippen molar-refractivity contribution in [1.29, 1.82) is 0 Å². The quantitative estimate of drug-likeness (QED) is 0.450. The first kappa shape index (κ1) is 20.6. The monoisotopic (exact) mass is 431 g/mol. The Morgan fingerprint density at radius 1 is 1.10 bits per heavy atom. The number of anilines is 1. The Bertz CT molecular complexity index is 1390. The number of aromatic nitrogens is 2. The van der Waals surface area contributed by atoms with Crippen LogP contribution in [0.2, 0.25) is 0 Å². The smallest absolute Gasteiger partial charge is 0.262 e. The van der Waals surface area contributed by atoms with E-state index >= 15 is 0 Å². The maximum absolute atomic E-state index is 13.0. The SMILES string of the molecule is COc1ccc(Cn2c(=S)[nH]c3cc(C(=O)Nc4cccc(C)c4)ccc3c2=O)cc1. The van der Waals surface area contributed by atoms with E-state index in [1.165, 1.54) is 4.57 Å². The van der Waals surface area contributed by atoms with Gasteiger partial charge in [-0.2, -0.15) is 0 Å². The van der Waals surface area contributed by atoms with Crippen molar-refractivity contribution in [1.82, 2.24) is 9.55 Å². The molecule has 31 heavy (non-hydrogen) atoms. The van der Waals surface area contributed by atoms with Gasteiger partial charge in [0.25, 0.3) is 11.5 Å². The van der Waals surface area contributed by atoms with Crippen molar-refractivity contribution < 1.29 is 9.53 Å². The molecule has 7 heteroatoms. The molecular weight excluding hydrogens is 410 g/mol. The summed E-state index contributed by atoms with van der Waals surface area (Å²) in [6.07, 6.45) is 0. The Hall–Kier alpha value is -3.71. The number of amides is 1. The van der Waals surface area contributed by atoms with E-state index in [9.17, 15) is 9.59 Å². The average molecular weight is 432 g/mol. The van der Waals surface area contributed by atoms with Gasteiger partial charge in [0, 0.05) is 11.3 Å². The highest BCUT2D eigenvalue weighted by molar-refractivity contribution is 7.71. The van der Waals surface area contributed by atoms with Gasteiger partial charge in [-0.3, -0.25) is 14.2 Å². The highest BCUT2D eigenvalue weighted by Crippen LogP contribution is 2.16. The third kappa shape index (κ3) is 4.41. The zero-order valence-electron chi connectivity index (χ0n) is 17.1. The van der Waals surface area contributed by atoms with Gasteiger partial charge in [-0.15, -0.1) is 0 Å². The minimum Gasteiger partial charge on any atom is -0.497 e. The number of fused-ring (bicyclic) bond motifs is 1. The van der Waals surface area contributed by atoms with E-state index in [0.29, 0.717) is 33.5 Å². The lowest BCUT2D eigenvalue weighted by molar-refractivity contribution is 0.102. The van der Waals surface area contributed by atoms with Gasteiger partial charge < -0.3 is 15.0 Å². The lowest BCUT2D eigenvalue weighted by Gasteiger charge is -2.10. The number of ether oxygens (including phenoxy) is 1. The molecule has 6 nitrogen and oxygen atoms in total. The van der Waals surface area contributed by atoms with E-state index in [1.54, 1.807) is 25.3 Å². The largest absolute Gasteiger partial charge is 0.497 e. The van der Waals surface area contributed by atoms with Crippen LogP contribution in [0.4, 0.5) is 5.69 Å². The van der Waals surface area contributed by atoms with Crippen LogP contribution in [0.25, 0.3) is 10.9 Å². The molecule has 2 N–H and O–H groups in total. The van der Waals surface area contributed by atoms with Crippen LogP contribution in [0.3, 0.4) is 0 Å². The van der Waals surface area contributed by atoms with E-state index in [2.05, 4.69) is 10.3 Å². The third-order valence-electron chi connectivity index (χ3n) is 5.02. The summed E-state index contributed by atoms with van der Waals surface area (Å²) in [7, 11) is 1.61. The molecule has 1 aromatic heterocycles. The molecular formula is C24H21N3O3S. The zero-order chi connectivity index (χ0) is 22.0. The second kappa shape index (κ2) is 8.57. The van der Waals surface area contributed by atoms with Crippen molar-refractivity contribution in [2.45, 2.75) is 13.5 Å². The molecule has 0 aliphatic carbocycles. The van der Waals surface area contributed by atoms with Crippen LogP contribution in [0.1, 0.15) is 21.5 Å². The highest BCUT2D eigenvalue weighted by atomic mass is 32.1. The molecule has 0 atom stereocenters. The van der Waals surface area contributed by atoms with Crippen LogP contribution in [-0.4, -0.2) is 22.6 Å². The van der Waals surface area contributed by atoms with E-state index in [-0.39, 0.29) is 11.5 Å². The summed E-state index contributed by atoms with van der Waals surface area (Å²) >= 11 is 5.43. The summed E-state index contributed by atoms with van der Waals surface area (Å²) in [6, 6.07) is 20.0. The van der Waals surface area contributed by atoms with Gasteiger partial charge in [0.15, 0.2) is 4.77 Å². The second-order valence-corrected chi connectivity index (χ2v) is 7.64. The summed E-state index contributed by atoms with van der Waals surface area (Å²) in [6.45, 7) is 2.30. The number of rotatable bonds is 5. The van der Waals surface area contributed by atoms with Crippen LogP contribution in [-0.2, 0) is 6.54 Å². The van der Waals surface area contributed by atoms with Gasteiger partial charge in [-0.1, -0.05) is 24.3 Å². The Kier molecular flexibility index (Phi) is 5.68. The molecule has 0 saturated heterocycles. The van der Waals surface area contributed by atoms with Crippen molar-refractivity contribution in [2.24, 2.45) is 0 Å². The molecule has 0 fully saturated rings. The molecule has 0 radical (unpaired) electrons. The molecule has 1 amide bonds. The van der Waals surface area contributed by atoms with E-state index in [4.69, 9.17) is 17.0 Å². The molecule has 156 valence electrons. The van der Waals surface area contributed by atoms with Crippen molar-refractivity contribution in [3.05, 3.63) is 98.5 Å². The van der Waals surface area contributed by atoms with Crippen LogP contribution in [0, 0.1) is 11.7 Å². The van der Waals surface area contributed by atoms with Gasteiger partial charge in [-0.25, -0.2) is 0 Å². The Labute approximate surface area is 184 Å². The number of methoxy groups -OCH3 is 1. The predicted octanol–water partition coefficient (Wildman–Crippen LogP) is 4.68. The normalized spacial score (nSPS) is 10.8. The fourth-order valence-corrected chi connectivity index (χ4v) is 3.64. The lowest BCUT2D eigenvalue weighted by Crippen LogP contribution is -2.23. The van der Waals surface area contributed by atoms with Crippen molar-refractivity contribution in [2.75, 3.05) is 12.4 Å². The average Bonchev–Trinajstić information content (AvgIpc) is 2.76. The summed E-state index contributed by atoms with van der Waals surface area (Å²) in [5.41, 5.74) is 3.45. The number of H-pyrrole nitrogens is 1. The minimum absolute atomic E-state index is 0.208. The minimum atomic E-state index is -0.255. The molecule has 0 spiro atoms. The topological polar surface area (TPSA) is 76.1 Å². The van der Waals surface area contributed by atoms with Crippen molar-refractivity contribution >= 4 is 34.7 Å². The summed E-state index contributed by atoms with van der Waals surface area (Å²) < 4.78 is 6.97. The first-order valence-corrected chi connectivity index (χ1v) is 10.1. The zero-order valence-corrected chi connectivity index (χ0v) is 18.0. The molecule has 0 unspecified atom stereocenters. The number of carbonyl (C=O) groups excluding carboxylic acids is 1. The van der Waals surface area contributed by atoms with Crippen LogP contribution in [0.5, 0.6) is 5.75 Å². The van der Waals surface area contributed by atoms with Gasteiger partial charge >= 0.3 is 0 Å². The van der Waals surface area contributed by atoms with E-state index in [0.717, 1.165) is 16.9 Å². The van der Waals surface area contributed by atoms with Gasteiger partial charge in [-0.05, 0) is 72.7 Å². The lowest BCUT2D eigenvalue weighted by atomic mass is 10.1. The Morgan fingerprint density at radius 2 is 1.87 bits per heavy atom. The van der Waals surface area contributed by atoms with Crippen molar-refractivity contribution in [3.63, 3.8) is 0 Å². The van der Waals surface area contributed by atoms with E-state index < -0.39 is 0 Å². The van der Waals surface area contributed by atoms with Crippen LogP contribution >= 0.6 is 12.2 Å². The molecule has 0 aliphatic heterocycles. The maximum atomic E-state index is 13.0. The standard InChI is InChI=1S/C24H21N3O3S/c1-15-4-3-5-18(12-15)25-22(28)17-8-11-20-21(13-17)26-24(31)27(23(20)29)14-16-6-9-19(30-2)10-7-16/h3-13H,14H2,1-2H3,(H,25,28)(H,26,31). The fourth-order valence-electron chi connectivity index (χ4n) is 3.38.